The molecular weight excluding hydrogens is 274 g/mol. The van der Waals surface area contributed by atoms with E-state index in [1.165, 1.54) is 42.1 Å². The molecule has 1 aromatic rings. The predicted molar refractivity (Wildman–Crippen MR) is 77.0 cm³/mol. The first kappa shape index (κ1) is 13.1. The molecule has 0 aliphatic heterocycles. The lowest BCUT2D eigenvalue weighted by atomic mass is 9.88. The van der Waals surface area contributed by atoms with Crippen LogP contribution in [0.5, 0.6) is 0 Å². The fourth-order valence-electron chi connectivity index (χ4n) is 2.98. The van der Waals surface area contributed by atoms with E-state index in [0.717, 1.165) is 18.9 Å². The molecular formula is C15H22BrN. The zero-order valence-electron chi connectivity index (χ0n) is 10.4. The monoisotopic (exact) mass is 295 g/mol. The minimum atomic E-state index is 0.660. The van der Waals surface area contributed by atoms with Crippen molar-refractivity contribution in [3.8, 4) is 0 Å². The molecule has 94 valence electrons. The third-order valence-electron chi connectivity index (χ3n) is 3.89. The highest BCUT2D eigenvalue weighted by molar-refractivity contribution is 9.10. The summed E-state index contributed by atoms with van der Waals surface area (Å²) >= 11 is 3.53. The van der Waals surface area contributed by atoms with Gasteiger partial charge in [-0.3, -0.25) is 0 Å². The normalized spacial score (nSPS) is 18.5. The van der Waals surface area contributed by atoms with Crippen molar-refractivity contribution in [1.29, 1.82) is 0 Å². The number of halogens is 1. The van der Waals surface area contributed by atoms with Crippen LogP contribution in [-0.2, 0) is 6.42 Å². The molecule has 17 heavy (non-hydrogen) atoms. The molecule has 1 atom stereocenters. The van der Waals surface area contributed by atoms with E-state index in [9.17, 15) is 0 Å². The third-order valence-corrected chi connectivity index (χ3v) is 4.38. The van der Waals surface area contributed by atoms with E-state index in [0.29, 0.717) is 5.92 Å². The van der Waals surface area contributed by atoms with Gasteiger partial charge in [-0.1, -0.05) is 53.7 Å². The summed E-state index contributed by atoms with van der Waals surface area (Å²) in [5.74, 6) is 1.60. The Hall–Kier alpha value is -0.340. The van der Waals surface area contributed by atoms with E-state index in [1.807, 2.05) is 0 Å². The zero-order chi connectivity index (χ0) is 12.1. The second-order valence-electron chi connectivity index (χ2n) is 5.32. The van der Waals surface area contributed by atoms with Gasteiger partial charge in [0.05, 0.1) is 0 Å². The molecule has 1 aromatic carbocycles. The summed E-state index contributed by atoms with van der Waals surface area (Å²) in [5.41, 5.74) is 7.34. The number of nitrogens with two attached hydrogens (primary N) is 1. The van der Waals surface area contributed by atoms with E-state index < -0.39 is 0 Å². The number of benzene rings is 1. The van der Waals surface area contributed by atoms with Gasteiger partial charge in [0.25, 0.3) is 0 Å². The molecule has 1 aliphatic carbocycles. The van der Waals surface area contributed by atoms with Crippen molar-refractivity contribution >= 4 is 15.9 Å². The van der Waals surface area contributed by atoms with Crippen LogP contribution in [0.25, 0.3) is 0 Å². The lowest BCUT2D eigenvalue weighted by Gasteiger charge is -2.19. The van der Waals surface area contributed by atoms with E-state index in [-0.39, 0.29) is 0 Å². The van der Waals surface area contributed by atoms with Gasteiger partial charge in [-0.15, -0.1) is 0 Å². The third kappa shape index (κ3) is 4.11. The Balaban J connectivity index is 1.90. The fourth-order valence-corrected chi connectivity index (χ4v) is 3.42. The molecule has 0 saturated heterocycles. The maximum absolute atomic E-state index is 5.93. The Morgan fingerprint density at radius 1 is 1.29 bits per heavy atom. The van der Waals surface area contributed by atoms with Gasteiger partial charge >= 0.3 is 0 Å². The van der Waals surface area contributed by atoms with Crippen molar-refractivity contribution in [3.63, 3.8) is 0 Å². The zero-order valence-corrected chi connectivity index (χ0v) is 12.0. The van der Waals surface area contributed by atoms with Gasteiger partial charge in [0.15, 0.2) is 0 Å². The molecule has 2 N–H and O–H groups in total. The highest BCUT2D eigenvalue weighted by Crippen LogP contribution is 2.31. The first-order chi connectivity index (χ1) is 8.28. The van der Waals surface area contributed by atoms with E-state index in [1.54, 1.807) is 0 Å². The summed E-state index contributed by atoms with van der Waals surface area (Å²) < 4.78 is 1.17. The van der Waals surface area contributed by atoms with E-state index in [4.69, 9.17) is 5.73 Å². The van der Waals surface area contributed by atoms with Gasteiger partial charge in [-0.05, 0) is 48.9 Å². The summed E-state index contributed by atoms with van der Waals surface area (Å²) in [4.78, 5) is 0. The molecule has 2 heteroatoms. The van der Waals surface area contributed by atoms with Crippen molar-refractivity contribution in [1.82, 2.24) is 0 Å². The Bertz CT molecular complexity index is 345. The number of hydrogen-bond acceptors (Lipinski definition) is 1. The lowest BCUT2D eigenvalue weighted by molar-refractivity contribution is 0.379. The highest BCUT2D eigenvalue weighted by Gasteiger charge is 2.19. The van der Waals surface area contributed by atoms with Crippen molar-refractivity contribution < 1.29 is 0 Å². The molecule has 0 heterocycles. The van der Waals surface area contributed by atoms with Crippen LogP contribution in [0.1, 0.15) is 37.7 Å². The fraction of sp³-hybridized carbons (Fsp3) is 0.600. The van der Waals surface area contributed by atoms with Crippen LogP contribution in [0.4, 0.5) is 0 Å². The van der Waals surface area contributed by atoms with Gasteiger partial charge < -0.3 is 5.73 Å². The molecule has 1 nitrogen and oxygen atoms in total. The van der Waals surface area contributed by atoms with Gasteiger partial charge in [-0.25, -0.2) is 0 Å². The average molecular weight is 296 g/mol. The number of rotatable bonds is 5. The minimum absolute atomic E-state index is 0.660. The first-order valence-electron chi connectivity index (χ1n) is 6.72. The molecule has 0 bridgehead atoms. The standard InChI is InChI=1S/C15H22BrN/c16-15-7-3-6-13(10-15)9-14(11-17)8-12-4-1-2-5-12/h3,6-7,10,12,14H,1-2,4-5,8-9,11,17H2. The van der Waals surface area contributed by atoms with Crippen LogP contribution >= 0.6 is 15.9 Å². The molecule has 0 aromatic heterocycles. The van der Waals surface area contributed by atoms with Gasteiger partial charge in [0.2, 0.25) is 0 Å². The smallest absolute Gasteiger partial charge is 0.0177 e. The molecule has 1 unspecified atom stereocenters. The summed E-state index contributed by atoms with van der Waals surface area (Å²) in [6, 6.07) is 8.62. The summed E-state index contributed by atoms with van der Waals surface area (Å²) in [5, 5.41) is 0. The van der Waals surface area contributed by atoms with Crippen LogP contribution in [-0.4, -0.2) is 6.54 Å². The van der Waals surface area contributed by atoms with Crippen molar-refractivity contribution in [3.05, 3.63) is 34.3 Å². The van der Waals surface area contributed by atoms with E-state index >= 15 is 0 Å². The first-order valence-corrected chi connectivity index (χ1v) is 7.51. The predicted octanol–water partition coefficient (Wildman–Crippen LogP) is 4.15. The summed E-state index contributed by atoms with van der Waals surface area (Å²) in [6.07, 6.45) is 8.16. The largest absolute Gasteiger partial charge is 0.330 e. The maximum atomic E-state index is 5.93. The van der Waals surface area contributed by atoms with Gasteiger partial charge in [0.1, 0.15) is 0 Å². The van der Waals surface area contributed by atoms with Crippen molar-refractivity contribution in [2.45, 2.75) is 38.5 Å². The van der Waals surface area contributed by atoms with Crippen molar-refractivity contribution in [2.75, 3.05) is 6.54 Å². The van der Waals surface area contributed by atoms with Crippen LogP contribution in [0.3, 0.4) is 0 Å². The molecule has 1 saturated carbocycles. The lowest BCUT2D eigenvalue weighted by Crippen LogP contribution is -2.19. The second kappa shape index (κ2) is 6.55. The molecule has 1 aliphatic rings. The topological polar surface area (TPSA) is 26.0 Å². The average Bonchev–Trinajstić information content (AvgIpc) is 2.81. The minimum Gasteiger partial charge on any atom is -0.330 e. The molecule has 0 radical (unpaired) electrons. The van der Waals surface area contributed by atoms with Crippen LogP contribution < -0.4 is 5.73 Å². The molecule has 2 rings (SSSR count). The SMILES string of the molecule is NCC(Cc1cccc(Br)c1)CC1CCCC1. The maximum Gasteiger partial charge on any atom is 0.0177 e. The highest BCUT2D eigenvalue weighted by atomic mass is 79.9. The summed E-state index contributed by atoms with van der Waals surface area (Å²) in [6.45, 7) is 0.822. The van der Waals surface area contributed by atoms with E-state index in [2.05, 4.69) is 40.2 Å². The second-order valence-corrected chi connectivity index (χ2v) is 6.24. The summed E-state index contributed by atoms with van der Waals surface area (Å²) in [7, 11) is 0. The van der Waals surface area contributed by atoms with Crippen LogP contribution in [0, 0.1) is 11.8 Å². The Labute approximate surface area is 113 Å². The quantitative estimate of drug-likeness (QED) is 0.868. The molecule has 1 fully saturated rings. The van der Waals surface area contributed by atoms with Crippen molar-refractivity contribution in [2.24, 2.45) is 17.6 Å². The van der Waals surface area contributed by atoms with Gasteiger partial charge in [0, 0.05) is 4.47 Å². The molecule has 0 amide bonds. The molecule has 0 spiro atoms. The Kier molecular flexibility index (Phi) is 5.05. The Morgan fingerprint density at radius 2 is 2.06 bits per heavy atom. The van der Waals surface area contributed by atoms with Crippen LogP contribution in [0.15, 0.2) is 28.7 Å². The van der Waals surface area contributed by atoms with Gasteiger partial charge in [-0.2, -0.15) is 0 Å². The number of hydrogen-bond donors (Lipinski definition) is 1. The van der Waals surface area contributed by atoms with Crippen LogP contribution in [0.2, 0.25) is 0 Å². The Morgan fingerprint density at radius 3 is 2.71 bits per heavy atom.